The zero-order chi connectivity index (χ0) is 18.3. The highest BCUT2D eigenvalue weighted by Crippen LogP contribution is 2.06. The van der Waals surface area contributed by atoms with Gasteiger partial charge in [0.05, 0.1) is 6.04 Å². The van der Waals surface area contributed by atoms with E-state index in [1.165, 1.54) is 6.92 Å². The highest BCUT2D eigenvalue weighted by molar-refractivity contribution is 5.91. The second-order valence-corrected chi connectivity index (χ2v) is 6.09. The smallest absolute Gasteiger partial charge is 0.325 e. The number of hydrogen-bond acceptors (Lipinski definition) is 4. The zero-order valence-corrected chi connectivity index (χ0v) is 14.2. The Bertz CT molecular complexity index is 574. The minimum Gasteiger partial charge on any atom is -0.480 e. The molecule has 0 aliphatic rings. The van der Waals surface area contributed by atoms with E-state index in [1.54, 1.807) is 0 Å². The number of rotatable bonds is 8. The first-order valence-electron chi connectivity index (χ1n) is 7.85. The Morgan fingerprint density at radius 1 is 1.04 bits per heavy atom. The fourth-order valence-corrected chi connectivity index (χ4v) is 2.01. The predicted molar refractivity (Wildman–Crippen MR) is 90.1 cm³/mol. The van der Waals surface area contributed by atoms with Gasteiger partial charge in [-0.25, -0.2) is 0 Å². The molecule has 2 amide bonds. The highest BCUT2D eigenvalue weighted by atomic mass is 16.4. The van der Waals surface area contributed by atoms with Gasteiger partial charge in [-0.3, -0.25) is 14.4 Å². The number of carboxylic acid groups (broad SMARTS) is 1. The second-order valence-electron chi connectivity index (χ2n) is 6.09. The van der Waals surface area contributed by atoms with Crippen molar-refractivity contribution in [3.05, 3.63) is 35.9 Å². The molecule has 0 bridgehead atoms. The minimum absolute atomic E-state index is 0.0802. The normalized spacial score (nSPS) is 14.5. The predicted octanol–water partition coefficient (Wildman–Crippen LogP) is 0.287. The van der Waals surface area contributed by atoms with Gasteiger partial charge in [0, 0.05) is 6.42 Å². The van der Waals surface area contributed by atoms with Crippen LogP contribution >= 0.6 is 0 Å². The topological polar surface area (TPSA) is 122 Å². The van der Waals surface area contributed by atoms with Crippen molar-refractivity contribution in [1.29, 1.82) is 0 Å². The first-order chi connectivity index (χ1) is 11.2. The molecule has 0 saturated heterocycles. The van der Waals surface area contributed by atoms with E-state index in [0.717, 1.165) is 5.56 Å². The number of nitrogens with one attached hydrogen (secondary N) is 2. The quantitative estimate of drug-likeness (QED) is 0.544. The Morgan fingerprint density at radius 2 is 1.62 bits per heavy atom. The number of benzene rings is 1. The number of carboxylic acids is 1. The van der Waals surface area contributed by atoms with Crippen LogP contribution in [0.4, 0.5) is 0 Å². The summed E-state index contributed by atoms with van der Waals surface area (Å²) in [5, 5.41) is 13.9. The largest absolute Gasteiger partial charge is 0.480 e. The van der Waals surface area contributed by atoms with Crippen LogP contribution in [0.3, 0.4) is 0 Å². The van der Waals surface area contributed by atoms with E-state index >= 15 is 0 Å². The molecule has 5 N–H and O–H groups in total. The third-order valence-corrected chi connectivity index (χ3v) is 3.67. The number of carbonyl (C=O) groups is 3. The monoisotopic (exact) mass is 335 g/mol. The van der Waals surface area contributed by atoms with Gasteiger partial charge in [-0.05, 0) is 18.4 Å². The van der Waals surface area contributed by atoms with Crippen molar-refractivity contribution in [2.24, 2.45) is 11.7 Å². The molecule has 3 unspecified atom stereocenters. The fourth-order valence-electron chi connectivity index (χ4n) is 2.01. The van der Waals surface area contributed by atoms with Crippen LogP contribution in [0, 0.1) is 5.92 Å². The van der Waals surface area contributed by atoms with Crippen LogP contribution in [0.5, 0.6) is 0 Å². The maximum absolute atomic E-state index is 12.4. The Kier molecular flexibility index (Phi) is 7.38. The van der Waals surface area contributed by atoms with Gasteiger partial charge < -0.3 is 21.5 Å². The highest BCUT2D eigenvalue weighted by Gasteiger charge is 2.27. The summed E-state index contributed by atoms with van der Waals surface area (Å²) in [5.41, 5.74) is 6.66. The molecule has 132 valence electrons. The van der Waals surface area contributed by atoms with E-state index in [9.17, 15) is 14.4 Å². The van der Waals surface area contributed by atoms with Crippen molar-refractivity contribution in [3.8, 4) is 0 Å². The van der Waals surface area contributed by atoms with E-state index in [1.807, 2.05) is 44.2 Å². The summed E-state index contributed by atoms with van der Waals surface area (Å²) >= 11 is 0. The van der Waals surface area contributed by atoms with Gasteiger partial charge in [-0.2, -0.15) is 0 Å². The van der Waals surface area contributed by atoms with Crippen LogP contribution in [0.15, 0.2) is 30.3 Å². The van der Waals surface area contributed by atoms with Crippen LogP contribution in [0.2, 0.25) is 0 Å². The third kappa shape index (κ3) is 6.00. The average Bonchev–Trinajstić information content (AvgIpc) is 2.53. The second kappa shape index (κ2) is 9.02. The van der Waals surface area contributed by atoms with Gasteiger partial charge in [0.1, 0.15) is 12.1 Å². The number of hydrogen-bond donors (Lipinski definition) is 4. The summed E-state index contributed by atoms with van der Waals surface area (Å²) in [5.74, 6) is -2.22. The molecular weight excluding hydrogens is 310 g/mol. The Balaban J connectivity index is 2.88. The van der Waals surface area contributed by atoms with E-state index in [0.29, 0.717) is 0 Å². The number of carbonyl (C=O) groups excluding carboxylic acids is 2. The lowest BCUT2D eigenvalue weighted by Crippen LogP contribution is -2.55. The molecule has 1 rings (SSSR count). The maximum atomic E-state index is 12.4. The van der Waals surface area contributed by atoms with Crippen molar-refractivity contribution in [1.82, 2.24) is 10.6 Å². The summed E-state index contributed by atoms with van der Waals surface area (Å²) in [6.07, 6.45) is 0.246. The average molecular weight is 335 g/mol. The van der Waals surface area contributed by atoms with Crippen LogP contribution < -0.4 is 16.4 Å². The Hall–Kier alpha value is -2.41. The molecular formula is C17H25N3O4. The lowest BCUT2D eigenvalue weighted by Gasteiger charge is -2.23. The zero-order valence-electron chi connectivity index (χ0n) is 14.2. The first-order valence-corrected chi connectivity index (χ1v) is 7.85. The van der Waals surface area contributed by atoms with Gasteiger partial charge in [0.2, 0.25) is 11.8 Å². The van der Waals surface area contributed by atoms with Gasteiger partial charge >= 0.3 is 5.97 Å². The number of amides is 2. The molecule has 0 heterocycles. The molecule has 7 heteroatoms. The molecule has 0 aliphatic carbocycles. The van der Waals surface area contributed by atoms with Crippen LogP contribution in [-0.2, 0) is 20.8 Å². The van der Waals surface area contributed by atoms with Crippen molar-refractivity contribution in [2.75, 3.05) is 0 Å². The lowest BCUT2D eigenvalue weighted by molar-refractivity contribution is -0.141. The molecule has 0 aromatic heterocycles. The summed E-state index contributed by atoms with van der Waals surface area (Å²) < 4.78 is 0. The Labute approximate surface area is 141 Å². The van der Waals surface area contributed by atoms with Crippen LogP contribution in [0.1, 0.15) is 26.3 Å². The van der Waals surface area contributed by atoms with Gasteiger partial charge in [-0.15, -0.1) is 0 Å². The fraction of sp³-hybridized carbons (Fsp3) is 0.471. The van der Waals surface area contributed by atoms with Gasteiger partial charge in [0.15, 0.2) is 0 Å². The molecule has 0 spiro atoms. The molecule has 1 aromatic rings. The Morgan fingerprint density at radius 3 is 2.12 bits per heavy atom. The molecule has 0 radical (unpaired) electrons. The molecule has 3 atom stereocenters. The summed E-state index contributed by atoms with van der Waals surface area (Å²) in [6, 6.07) is 6.46. The molecule has 0 aliphatic heterocycles. The van der Waals surface area contributed by atoms with Crippen molar-refractivity contribution in [3.63, 3.8) is 0 Å². The molecule has 1 aromatic carbocycles. The maximum Gasteiger partial charge on any atom is 0.325 e. The summed E-state index contributed by atoms with van der Waals surface area (Å²) in [4.78, 5) is 35.5. The summed E-state index contributed by atoms with van der Waals surface area (Å²) in [6.45, 7) is 4.98. The SMILES string of the molecule is CC(NC(=O)C(Cc1ccccc1)NC(=O)C(N)C(C)C)C(=O)O. The third-order valence-electron chi connectivity index (χ3n) is 3.67. The van der Waals surface area contributed by atoms with Crippen LogP contribution in [0.25, 0.3) is 0 Å². The van der Waals surface area contributed by atoms with Gasteiger partial charge in [0.25, 0.3) is 0 Å². The lowest BCUT2D eigenvalue weighted by atomic mass is 10.0. The van der Waals surface area contributed by atoms with Crippen molar-refractivity contribution in [2.45, 2.75) is 45.3 Å². The van der Waals surface area contributed by atoms with Crippen molar-refractivity contribution < 1.29 is 19.5 Å². The van der Waals surface area contributed by atoms with E-state index < -0.39 is 35.9 Å². The van der Waals surface area contributed by atoms with Gasteiger partial charge in [-0.1, -0.05) is 44.2 Å². The molecule has 24 heavy (non-hydrogen) atoms. The number of nitrogens with two attached hydrogens (primary N) is 1. The van der Waals surface area contributed by atoms with E-state index in [4.69, 9.17) is 10.8 Å². The standard InChI is InChI=1S/C17H25N3O4/c1-10(2)14(18)16(22)20-13(9-12-7-5-4-6-8-12)15(21)19-11(3)17(23)24/h4-8,10-11,13-14H,9,18H2,1-3H3,(H,19,21)(H,20,22)(H,23,24). The minimum atomic E-state index is -1.15. The molecule has 7 nitrogen and oxygen atoms in total. The van der Waals surface area contributed by atoms with Crippen molar-refractivity contribution >= 4 is 17.8 Å². The molecule has 0 saturated carbocycles. The summed E-state index contributed by atoms with van der Waals surface area (Å²) in [7, 11) is 0. The number of aliphatic carboxylic acids is 1. The van der Waals surface area contributed by atoms with Crippen LogP contribution in [-0.4, -0.2) is 41.0 Å². The van der Waals surface area contributed by atoms with E-state index in [-0.39, 0.29) is 12.3 Å². The molecule has 0 fully saturated rings. The first kappa shape index (κ1) is 19.6. The van der Waals surface area contributed by atoms with E-state index in [2.05, 4.69) is 10.6 Å².